The van der Waals surface area contributed by atoms with Crippen LogP contribution in [0.25, 0.3) is 10.9 Å². The molecule has 0 amide bonds. The van der Waals surface area contributed by atoms with E-state index >= 15 is 0 Å². The number of aromatic nitrogens is 2. The van der Waals surface area contributed by atoms with Crippen molar-refractivity contribution >= 4 is 10.9 Å². The molecule has 2 N–H and O–H groups in total. The van der Waals surface area contributed by atoms with Crippen LogP contribution in [-0.2, 0) is 13.6 Å². The van der Waals surface area contributed by atoms with Gasteiger partial charge in [0.15, 0.2) is 0 Å². The third-order valence-corrected chi connectivity index (χ3v) is 3.02. The average Bonchev–Trinajstić information content (AvgIpc) is 2.51. The van der Waals surface area contributed by atoms with Crippen LogP contribution in [0.15, 0.2) is 23.0 Å². The number of nitrogens with zero attached hydrogens (tertiary/aromatic N) is 2. The quantitative estimate of drug-likeness (QED) is 0.829. The molecule has 86 valence electrons. The highest BCUT2D eigenvalue weighted by Gasteiger charge is 2.14. The molecule has 2 rings (SSSR count). The number of aryl methyl sites for hydroxylation is 1. The standard InChI is InChI=1S/C12H17N3O/c1-4-15-12(16)11-9(8(2)13)6-5-7-10(11)14(15)3/h5-8H,4,13H2,1-3H3. The van der Waals surface area contributed by atoms with Gasteiger partial charge in [-0.25, -0.2) is 0 Å². The SMILES string of the molecule is CCn1c(=O)c2c(C(C)N)cccc2n1C. The Balaban J connectivity index is 2.94. The summed E-state index contributed by atoms with van der Waals surface area (Å²) < 4.78 is 3.61. The molecule has 1 atom stereocenters. The fourth-order valence-corrected chi connectivity index (χ4v) is 2.19. The fourth-order valence-electron chi connectivity index (χ4n) is 2.19. The minimum Gasteiger partial charge on any atom is -0.324 e. The molecule has 2 aromatic rings. The molecule has 4 heteroatoms. The zero-order chi connectivity index (χ0) is 11.9. The maximum Gasteiger partial charge on any atom is 0.274 e. The largest absolute Gasteiger partial charge is 0.324 e. The highest BCUT2D eigenvalue weighted by molar-refractivity contribution is 5.82. The molecule has 1 aromatic heterocycles. The van der Waals surface area contributed by atoms with Gasteiger partial charge in [-0.1, -0.05) is 12.1 Å². The summed E-state index contributed by atoms with van der Waals surface area (Å²) in [6.45, 7) is 4.53. The van der Waals surface area contributed by atoms with Crippen molar-refractivity contribution in [1.29, 1.82) is 0 Å². The van der Waals surface area contributed by atoms with Crippen LogP contribution in [-0.4, -0.2) is 9.36 Å². The lowest BCUT2D eigenvalue weighted by Gasteiger charge is -2.06. The monoisotopic (exact) mass is 219 g/mol. The number of benzene rings is 1. The highest BCUT2D eigenvalue weighted by Crippen LogP contribution is 2.20. The van der Waals surface area contributed by atoms with Crippen LogP contribution < -0.4 is 11.3 Å². The Morgan fingerprint density at radius 3 is 2.69 bits per heavy atom. The van der Waals surface area contributed by atoms with Crippen LogP contribution in [0.2, 0.25) is 0 Å². The van der Waals surface area contributed by atoms with Crippen LogP contribution in [0, 0.1) is 0 Å². The molecule has 0 aliphatic carbocycles. The summed E-state index contributed by atoms with van der Waals surface area (Å²) in [5, 5.41) is 0.752. The second-order valence-electron chi connectivity index (χ2n) is 4.07. The Bertz CT molecular complexity index is 578. The summed E-state index contributed by atoms with van der Waals surface area (Å²) in [5.74, 6) is 0. The van der Waals surface area contributed by atoms with Crippen molar-refractivity contribution < 1.29 is 0 Å². The lowest BCUT2D eigenvalue weighted by atomic mass is 10.0. The number of nitrogens with two attached hydrogens (primary N) is 1. The van der Waals surface area contributed by atoms with Gasteiger partial charge in [0.2, 0.25) is 0 Å². The maximum atomic E-state index is 12.2. The van der Waals surface area contributed by atoms with Gasteiger partial charge in [-0.3, -0.25) is 14.2 Å². The van der Waals surface area contributed by atoms with Gasteiger partial charge in [0.25, 0.3) is 5.56 Å². The van der Waals surface area contributed by atoms with E-state index in [0.29, 0.717) is 6.54 Å². The Morgan fingerprint density at radius 2 is 2.12 bits per heavy atom. The number of fused-ring (bicyclic) bond motifs is 1. The van der Waals surface area contributed by atoms with E-state index in [4.69, 9.17) is 5.73 Å². The minimum atomic E-state index is -0.121. The molecule has 1 unspecified atom stereocenters. The lowest BCUT2D eigenvalue weighted by Crippen LogP contribution is -2.20. The van der Waals surface area contributed by atoms with Crippen molar-refractivity contribution in [3.05, 3.63) is 34.1 Å². The molecule has 0 spiro atoms. The Hall–Kier alpha value is -1.55. The Morgan fingerprint density at radius 1 is 1.44 bits per heavy atom. The van der Waals surface area contributed by atoms with Crippen molar-refractivity contribution in [2.45, 2.75) is 26.4 Å². The van der Waals surface area contributed by atoms with Crippen molar-refractivity contribution in [3.63, 3.8) is 0 Å². The van der Waals surface area contributed by atoms with Crippen LogP contribution in [0.3, 0.4) is 0 Å². The normalized spacial score (nSPS) is 13.2. The van der Waals surface area contributed by atoms with E-state index < -0.39 is 0 Å². The van der Waals surface area contributed by atoms with E-state index in [2.05, 4.69) is 0 Å². The molecule has 0 radical (unpaired) electrons. The van der Waals surface area contributed by atoms with Crippen molar-refractivity contribution in [2.24, 2.45) is 12.8 Å². The number of hydrogen-bond acceptors (Lipinski definition) is 2. The molecule has 0 aliphatic rings. The average molecular weight is 219 g/mol. The molecule has 1 aromatic carbocycles. The predicted molar refractivity (Wildman–Crippen MR) is 65.5 cm³/mol. The van der Waals surface area contributed by atoms with E-state index in [1.165, 1.54) is 0 Å². The van der Waals surface area contributed by atoms with Gasteiger partial charge in [-0.05, 0) is 25.5 Å². The summed E-state index contributed by atoms with van der Waals surface area (Å²) in [7, 11) is 1.90. The highest BCUT2D eigenvalue weighted by atomic mass is 16.1. The van der Waals surface area contributed by atoms with E-state index in [-0.39, 0.29) is 11.6 Å². The maximum absolute atomic E-state index is 12.2. The molecule has 4 nitrogen and oxygen atoms in total. The second kappa shape index (κ2) is 3.79. The molecular formula is C12H17N3O. The van der Waals surface area contributed by atoms with Crippen LogP contribution >= 0.6 is 0 Å². The topological polar surface area (TPSA) is 52.9 Å². The van der Waals surface area contributed by atoms with Crippen molar-refractivity contribution in [2.75, 3.05) is 0 Å². The third-order valence-electron chi connectivity index (χ3n) is 3.02. The van der Waals surface area contributed by atoms with E-state index in [1.54, 1.807) is 4.68 Å². The first kappa shape index (κ1) is 11.0. The van der Waals surface area contributed by atoms with Crippen LogP contribution in [0.4, 0.5) is 0 Å². The van der Waals surface area contributed by atoms with E-state index in [1.807, 2.05) is 43.8 Å². The third kappa shape index (κ3) is 1.38. The summed E-state index contributed by atoms with van der Waals surface area (Å²) in [4.78, 5) is 12.2. The van der Waals surface area contributed by atoms with Gasteiger partial charge < -0.3 is 5.73 Å². The van der Waals surface area contributed by atoms with Crippen molar-refractivity contribution in [3.8, 4) is 0 Å². The molecule has 16 heavy (non-hydrogen) atoms. The first-order valence-corrected chi connectivity index (χ1v) is 5.52. The Labute approximate surface area is 94.3 Å². The molecule has 0 fully saturated rings. The number of rotatable bonds is 2. The first-order valence-electron chi connectivity index (χ1n) is 5.52. The summed E-state index contributed by atoms with van der Waals surface area (Å²) in [6.07, 6.45) is 0. The number of hydrogen-bond donors (Lipinski definition) is 1. The molecule has 0 saturated heterocycles. The predicted octanol–water partition coefficient (Wildman–Crippen LogP) is 1.38. The summed E-state index contributed by atoms with van der Waals surface area (Å²) in [5.41, 5.74) is 7.81. The van der Waals surface area contributed by atoms with E-state index in [0.717, 1.165) is 16.5 Å². The van der Waals surface area contributed by atoms with Gasteiger partial charge in [-0.2, -0.15) is 0 Å². The summed E-state index contributed by atoms with van der Waals surface area (Å²) >= 11 is 0. The van der Waals surface area contributed by atoms with Gasteiger partial charge in [0.1, 0.15) is 0 Å². The van der Waals surface area contributed by atoms with Gasteiger partial charge in [-0.15, -0.1) is 0 Å². The first-order chi connectivity index (χ1) is 7.57. The fraction of sp³-hybridized carbons (Fsp3) is 0.417. The molecule has 0 bridgehead atoms. The lowest BCUT2D eigenvalue weighted by molar-refractivity contribution is 0.532. The van der Waals surface area contributed by atoms with Crippen molar-refractivity contribution in [1.82, 2.24) is 9.36 Å². The second-order valence-corrected chi connectivity index (χ2v) is 4.07. The molecule has 1 heterocycles. The molecule has 0 aliphatic heterocycles. The van der Waals surface area contributed by atoms with Crippen LogP contribution in [0.5, 0.6) is 0 Å². The van der Waals surface area contributed by atoms with Crippen LogP contribution in [0.1, 0.15) is 25.5 Å². The summed E-state index contributed by atoms with van der Waals surface area (Å²) in [6, 6.07) is 5.70. The Kier molecular flexibility index (Phi) is 2.59. The molecular weight excluding hydrogens is 202 g/mol. The van der Waals surface area contributed by atoms with E-state index in [9.17, 15) is 4.79 Å². The van der Waals surface area contributed by atoms with Gasteiger partial charge >= 0.3 is 0 Å². The minimum absolute atomic E-state index is 0.0490. The smallest absolute Gasteiger partial charge is 0.274 e. The van der Waals surface area contributed by atoms with Gasteiger partial charge in [0.05, 0.1) is 10.9 Å². The zero-order valence-electron chi connectivity index (χ0n) is 9.90. The molecule has 0 saturated carbocycles. The van der Waals surface area contributed by atoms with Gasteiger partial charge in [0, 0.05) is 19.6 Å². The zero-order valence-corrected chi connectivity index (χ0v) is 9.90.